The molecule has 0 bridgehead atoms. The van der Waals surface area contributed by atoms with E-state index in [1.54, 1.807) is 31.4 Å². The molecule has 0 saturated carbocycles. The number of amides is 2. The maximum absolute atomic E-state index is 13.5. The van der Waals surface area contributed by atoms with Crippen LogP contribution in [0.4, 0.5) is 4.39 Å². The van der Waals surface area contributed by atoms with Gasteiger partial charge in [-0.05, 0) is 36.4 Å². The smallest absolute Gasteiger partial charge is 0.286 e. The largest absolute Gasteiger partial charge is 0.497 e. The zero-order valence-electron chi connectivity index (χ0n) is 12.7. The number of rotatable bonds is 3. The topological polar surface area (TPSA) is 83.2 Å². The van der Waals surface area contributed by atoms with Crippen molar-refractivity contribution in [2.24, 2.45) is 0 Å². The van der Waals surface area contributed by atoms with Crippen LogP contribution in [0.1, 0.15) is 20.8 Å². The first kappa shape index (κ1) is 15.5. The SMILES string of the molecule is COc1ccc2[nH]c(C(=O)NNC(=O)c3ccccc3F)cc2c1. The average molecular weight is 327 g/mol. The summed E-state index contributed by atoms with van der Waals surface area (Å²) >= 11 is 0. The Morgan fingerprint density at radius 3 is 2.54 bits per heavy atom. The molecule has 0 aliphatic carbocycles. The molecule has 0 atom stereocenters. The van der Waals surface area contributed by atoms with E-state index in [0.29, 0.717) is 5.75 Å². The van der Waals surface area contributed by atoms with Gasteiger partial charge in [-0.25, -0.2) is 4.39 Å². The molecule has 1 aromatic heterocycles. The number of halogens is 1. The second kappa shape index (κ2) is 6.41. The van der Waals surface area contributed by atoms with E-state index in [4.69, 9.17) is 4.74 Å². The highest BCUT2D eigenvalue weighted by atomic mass is 19.1. The van der Waals surface area contributed by atoms with Gasteiger partial charge in [0.1, 0.15) is 17.3 Å². The highest BCUT2D eigenvalue weighted by Crippen LogP contribution is 2.21. The number of aromatic amines is 1. The quantitative estimate of drug-likeness (QED) is 0.646. The fourth-order valence-corrected chi connectivity index (χ4v) is 2.25. The second-order valence-corrected chi connectivity index (χ2v) is 5.02. The number of hydrogen-bond donors (Lipinski definition) is 3. The highest BCUT2D eigenvalue weighted by Gasteiger charge is 2.14. The van der Waals surface area contributed by atoms with Crippen LogP contribution in [-0.4, -0.2) is 23.9 Å². The lowest BCUT2D eigenvalue weighted by molar-refractivity contribution is 0.0842. The molecule has 7 heteroatoms. The van der Waals surface area contributed by atoms with Gasteiger partial charge in [0.15, 0.2) is 0 Å². The van der Waals surface area contributed by atoms with Crippen LogP contribution in [0, 0.1) is 5.82 Å². The average Bonchev–Trinajstić information content (AvgIpc) is 3.02. The van der Waals surface area contributed by atoms with Crippen molar-refractivity contribution in [3.05, 3.63) is 65.6 Å². The first-order valence-corrected chi connectivity index (χ1v) is 7.10. The monoisotopic (exact) mass is 327 g/mol. The van der Waals surface area contributed by atoms with Gasteiger partial charge in [-0.15, -0.1) is 0 Å². The Morgan fingerprint density at radius 1 is 1.04 bits per heavy atom. The molecule has 24 heavy (non-hydrogen) atoms. The van der Waals surface area contributed by atoms with Gasteiger partial charge in [-0.2, -0.15) is 0 Å². The van der Waals surface area contributed by atoms with E-state index in [-0.39, 0.29) is 11.3 Å². The molecule has 0 spiro atoms. The molecule has 6 nitrogen and oxygen atoms in total. The summed E-state index contributed by atoms with van der Waals surface area (Å²) in [6, 6.07) is 12.5. The lowest BCUT2D eigenvalue weighted by Crippen LogP contribution is -2.42. The summed E-state index contributed by atoms with van der Waals surface area (Å²) in [5.41, 5.74) is 5.28. The number of carbonyl (C=O) groups is 2. The number of fused-ring (bicyclic) bond motifs is 1. The predicted molar refractivity (Wildman–Crippen MR) is 86.2 cm³/mol. The van der Waals surface area contributed by atoms with Crippen LogP contribution >= 0.6 is 0 Å². The van der Waals surface area contributed by atoms with E-state index in [0.717, 1.165) is 10.9 Å². The Morgan fingerprint density at radius 2 is 1.79 bits per heavy atom. The summed E-state index contributed by atoms with van der Waals surface area (Å²) in [7, 11) is 1.56. The number of ether oxygens (including phenoxy) is 1. The van der Waals surface area contributed by atoms with Crippen LogP contribution in [-0.2, 0) is 0 Å². The fourth-order valence-electron chi connectivity index (χ4n) is 2.25. The number of nitrogens with one attached hydrogen (secondary N) is 3. The highest BCUT2D eigenvalue weighted by molar-refractivity contribution is 6.01. The third-order valence-electron chi connectivity index (χ3n) is 3.48. The summed E-state index contributed by atoms with van der Waals surface area (Å²) in [5.74, 6) is -1.28. The Bertz CT molecular complexity index is 920. The van der Waals surface area contributed by atoms with Gasteiger partial charge in [-0.3, -0.25) is 20.4 Å². The molecule has 3 N–H and O–H groups in total. The number of carbonyl (C=O) groups excluding carboxylic acids is 2. The first-order chi connectivity index (χ1) is 11.6. The standard InChI is InChI=1S/C17H14FN3O3/c1-24-11-6-7-14-10(8-11)9-15(19-14)17(23)21-20-16(22)12-4-2-3-5-13(12)18/h2-9,19H,1H3,(H,20,22)(H,21,23). The van der Waals surface area contributed by atoms with Crippen molar-refractivity contribution in [2.45, 2.75) is 0 Å². The predicted octanol–water partition coefficient (Wildman–Crippen LogP) is 2.39. The third kappa shape index (κ3) is 3.05. The number of H-pyrrole nitrogens is 1. The first-order valence-electron chi connectivity index (χ1n) is 7.10. The number of hydrogen-bond acceptors (Lipinski definition) is 3. The van der Waals surface area contributed by atoms with Crippen LogP contribution in [0.15, 0.2) is 48.5 Å². The maximum Gasteiger partial charge on any atom is 0.286 e. The molecule has 0 unspecified atom stereocenters. The molecule has 2 amide bonds. The summed E-state index contributed by atoms with van der Waals surface area (Å²) in [6.45, 7) is 0. The Hall–Kier alpha value is -3.35. The molecular weight excluding hydrogens is 313 g/mol. The summed E-state index contributed by atoms with van der Waals surface area (Å²) < 4.78 is 18.6. The fraction of sp³-hybridized carbons (Fsp3) is 0.0588. The van der Waals surface area contributed by atoms with Crippen LogP contribution < -0.4 is 15.6 Å². The van der Waals surface area contributed by atoms with Crippen molar-refractivity contribution in [2.75, 3.05) is 7.11 Å². The molecule has 122 valence electrons. The number of methoxy groups -OCH3 is 1. The molecule has 0 fully saturated rings. The van der Waals surface area contributed by atoms with E-state index in [1.807, 2.05) is 0 Å². The van der Waals surface area contributed by atoms with Crippen LogP contribution in [0.25, 0.3) is 10.9 Å². The minimum atomic E-state index is -0.737. The summed E-state index contributed by atoms with van der Waals surface area (Å²) in [6.07, 6.45) is 0. The van der Waals surface area contributed by atoms with Gasteiger partial charge in [-0.1, -0.05) is 12.1 Å². The van der Waals surface area contributed by atoms with Gasteiger partial charge < -0.3 is 9.72 Å². The molecule has 3 rings (SSSR count). The molecule has 0 saturated heterocycles. The number of hydrazine groups is 1. The minimum Gasteiger partial charge on any atom is -0.497 e. The van der Waals surface area contributed by atoms with Crippen molar-refractivity contribution in [3.63, 3.8) is 0 Å². The van der Waals surface area contributed by atoms with Gasteiger partial charge >= 0.3 is 0 Å². The minimum absolute atomic E-state index is 0.154. The van der Waals surface area contributed by atoms with Crippen molar-refractivity contribution >= 4 is 22.7 Å². The van der Waals surface area contributed by atoms with Crippen molar-refractivity contribution in [1.82, 2.24) is 15.8 Å². The van der Waals surface area contributed by atoms with E-state index in [9.17, 15) is 14.0 Å². The van der Waals surface area contributed by atoms with Gasteiger partial charge in [0.05, 0.1) is 12.7 Å². The Kier molecular flexibility index (Phi) is 4.15. The van der Waals surface area contributed by atoms with Crippen molar-refractivity contribution in [1.29, 1.82) is 0 Å². The molecule has 0 radical (unpaired) electrons. The van der Waals surface area contributed by atoms with E-state index in [1.165, 1.54) is 24.3 Å². The van der Waals surface area contributed by atoms with Crippen LogP contribution in [0.3, 0.4) is 0 Å². The zero-order valence-corrected chi connectivity index (χ0v) is 12.7. The number of aromatic nitrogens is 1. The molecule has 0 aliphatic rings. The Balaban J connectivity index is 1.71. The van der Waals surface area contributed by atoms with E-state index >= 15 is 0 Å². The van der Waals surface area contributed by atoms with Crippen molar-refractivity contribution in [3.8, 4) is 5.75 Å². The van der Waals surface area contributed by atoms with Gasteiger partial charge in [0, 0.05) is 10.9 Å². The molecule has 0 aliphatic heterocycles. The molecule has 1 heterocycles. The summed E-state index contributed by atoms with van der Waals surface area (Å²) in [5, 5.41) is 0.792. The lowest BCUT2D eigenvalue weighted by atomic mass is 10.2. The molecular formula is C17H14FN3O3. The molecule has 2 aromatic carbocycles. The number of benzene rings is 2. The van der Waals surface area contributed by atoms with E-state index in [2.05, 4.69) is 15.8 Å². The zero-order chi connectivity index (χ0) is 17.1. The normalized spacial score (nSPS) is 10.4. The molecule has 3 aromatic rings. The van der Waals surface area contributed by atoms with Gasteiger partial charge in [0.25, 0.3) is 11.8 Å². The van der Waals surface area contributed by atoms with Crippen LogP contribution in [0.5, 0.6) is 5.75 Å². The van der Waals surface area contributed by atoms with Gasteiger partial charge in [0.2, 0.25) is 0 Å². The van der Waals surface area contributed by atoms with Crippen LogP contribution in [0.2, 0.25) is 0 Å². The van der Waals surface area contributed by atoms with E-state index < -0.39 is 17.6 Å². The summed E-state index contributed by atoms with van der Waals surface area (Å²) in [4.78, 5) is 26.9. The Labute approximate surface area is 136 Å². The maximum atomic E-state index is 13.5. The third-order valence-corrected chi connectivity index (χ3v) is 3.48. The second-order valence-electron chi connectivity index (χ2n) is 5.02. The lowest BCUT2D eigenvalue weighted by Gasteiger charge is -2.06. The van der Waals surface area contributed by atoms with Crippen molar-refractivity contribution < 1.29 is 18.7 Å².